The zero-order valence-electron chi connectivity index (χ0n) is 10.5. The lowest BCUT2D eigenvalue weighted by molar-refractivity contribution is 0.379. The van der Waals surface area contributed by atoms with Crippen molar-refractivity contribution in [2.24, 2.45) is 11.8 Å². The van der Waals surface area contributed by atoms with Gasteiger partial charge in [0.2, 0.25) is 0 Å². The third-order valence-electron chi connectivity index (χ3n) is 4.13. The van der Waals surface area contributed by atoms with E-state index in [1.54, 1.807) is 0 Å². The van der Waals surface area contributed by atoms with Crippen LogP contribution in [-0.4, -0.2) is 0 Å². The molecule has 16 heavy (non-hydrogen) atoms. The summed E-state index contributed by atoms with van der Waals surface area (Å²) in [4.78, 5) is 0. The van der Waals surface area contributed by atoms with E-state index in [1.165, 1.54) is 64.2 Å². The van der Waals surface area contributed by atoms with Crippen molar-refractivity contribution < 1.29 is 0 Å². The molecule has 2 rings (SSSR count). The Balaban J connectivity index is 1.96. The monoisotopic (exact) mass is 218 g/mol. The summed E-state index contributed by atoms with van der Waals surface area (Å²) in [5, 5.41) is 0. The molecule has 90 valence electrons. The van der Waals surface area contributed by atoms with Crippen molar-refractivity contribution in [1.29, 1.82) is 0 Å². The normalized spacial score (nSPS) is 32.5. The topological polar surface area (TPSA) is 0 Å². The summed E-state index contributed by atoms with van der Waals surface area (Å²) in [5.74, 6) is 1.68. The Morgan fingerprint density at radius 1 is 0.562 bits per heavy atom. The molecule has 0 spiro atoms. The van der Waals surface area contributed by atoms with Gasteiger partial charge < -0.3 is 0 Å². The third kappa shape index (κ3) is 3.81. The van der Waals surface area contributed by atoms with Crippen molar-refractivity contribution in [3.63, 3.8) is 0 Å². The Hall–Kier alpha value is -0.520. The second-order valence-corrected chi connectivity index (χ2v) is 5.46. The molecule has 0 saturated heterocycles. The van der Waals surface area contributed by atoms with E-state index < -0.39 is 0 Å². The Morgan fingerprint density at radius 2 is 1.06 bits per heavy atom. The summed E-state index contributed by atoms with van der Waals surface area (Å²) in [6, 6.07) is 0. The van der Waals surface area contributed by atoms with Crippen molar-refractivity contribution in [3.05, 3.63) is 24.3 Å². The molecule has 0 aliphatic heterocycles. The Kier molecular flexibility index (Phi) is 5.18. The van der Waals surface area contributed by atoms with Gasteiger partial charge >= 0.3 is 0 Å². The van der Waals surface area contributed by atoms with Crippen LogP contribution in [0.25, 0.3) is 0 Å². The summed E-state index contributed by atoms with van der Waals surface area (Å²) in [7, 11) is 0. The van der Waals surface area contributed by atoms with E-state index in [2.05, 4.69) is 24.3 Å². The highest BCUT2D eigenvalue weighted by Gasteiger charge is 2.17. The van der Waals surface area contributed by atoms with Crippen LogP contribution in [-0.2, 0) is 0 Å². The molecule has 0 heteroatoms. The average molecular weight is 218 g/mol. The van der Waals surface area contributed by atoms with Gasteiger partial charge in [-0.2, -0.15) is 0 Å². The smallest absolute Gasteiger partial charge is 0.0171 e. The summed E-state index contributed by atoms with van der Waals surface area (Å²) in [5.41, 5.74) is 0. The van der Waals surface area contributed by atoms with Crippen LogP contribution in [0.4, 0.5) is 0 Å². The zero-order chi connectivity index (χ0) is 11.1. The van der Waals surface area contributed by atoms with Crippen LogP contribution in [0.15, 0.2) is 24.3 Å². The standard InChI is InChI=1S/C16H26/c1-3-7-11-15(12-8-4-1)16-13-9-5-2-6-10-14-16/h7,9,11,13,15-16H,1-6,8,10,12,14H2/t15-,16-/m1/s1. The molecule has 2 aliphatic rings. The summed E-state index contributed by atoms with van der Waals surface area (Å²) < 4.78 is 0. The van der Waals surface area contributed by atoms with Crippen LogP contribution in [0.5, 0.6) is 0 Å². The quantitative estimate of drug-likeness (QED) is 0.527. The second kappa shape index (κ2) is 6.93. The molecule has 2 atom stereocenters. The van der Waals surface area contributed by atoms with Crippen molar-refractivity contribution in [1.82, 2.24) is 0 Å². The van der Waals surface area contributed by atoms with Gasteiger partial charge in [0.05, 0.1) is 0 Å². The minimum atomic E-state index is 0.842. The summed E-state index contributed by atoms with van der Waals surface area (Å²) in [6.45, 7) is 0. The van der Waals surface area contributed by atoms with Gasteiger partial charge in [0, 0.05) is 0 Å². The molecular formula is C16H26. The van der Waals surface area contributed by atoms with Gasteiger partial charge in [0.25, 0.3) is 0 Å². The fourth-order valence-electron chi connectivity index (χ4n) is 3.09. The fraction of sp³-hybridized carbons (Fsp3) is 0.750. The summed E-state index contributed by atoms with van der Waals surface area (Å²) >= 11 is 0. The fourth-order valence-corrected chi connectivity index (χ4v) is 3.09. The van der Waals surface area contributed by atoms with E-state index in [1.807, 2.05) is 0 Å². The number of rotatable bonds is 1. The van der Waals surface area contributed by atoms with E-state index in [9.17, 15) is 0 Å². The van der Waals surface area contributed by atoms with E-state index >= 15 is 0 Å². The second-order valence-electron chi connectivity index (χ2n) is 5.46. The molecule has 0 radical (unpaired) electrons. The first kappa shape index (κ1) is 12.0. The van der Waals surface area contributed by atoms with E-state index in [0.29, 0.717) is 0 Å². The van der Waals surface area contributed by atoms with Crippen LogP contribution in [0.1, 0.15) is 64.2 Å². The van der Waals surface area contributed by atoms with Crippen molar-refractivity contribution in [2.75, 3.05) is 0 Å². The van der Waals surface area contributed by atoms with Crippen LogP contribution < -0.4 is 0 Å². The van der Waals surface area contributed by atoms with Gasteiger partial charge in [0.1, 0.15) is 0 Å². The van der Waals surface area contributed by atoms with Gasteiger partial charge in [-0.1, -0.05) is 50.0 Å². The Bertz CT molecular complexity index is 210. The van der Waals surface area contributed by atoms with E-state index in [4.69, 9.17) is 0 Å². The Labute approximate surface area is 101 Å². The molecule has 0 nitrogen and oxygen atoms in total. The van der Waals surface area contributed by atoms with Crippen molar-refractivity contribution in [3.8, 4) is 0 Å². The van der Waals surface area contributed by atoms with Crippen LogP contribution >= 0.6 is 0 Å². The van der Waals surface area contributed by atoms with E-state index in [-0.39, 0.29) is 0 Å². The van der Waals surface area contributed by atoms with Crippen LogP contribution in [0.2, 0.25) is 0 Å². The molecule has 0 fully saturated rings. The van der Waals surface area contributed by atoms with Crippen LogP contribution in [0.3, 0.4) is 0 Å². The SMILES string of the molecule is C1=C[C@@H]([C@@H]2C=CCCCCC2)CCCCC1. The first-order chi connectivity index (χ1) is 7.97. The predicted octanol–water partition coefficient (Wildman–Crippen LogP) is 5.26. The first-order valence-corrected chi connectivity index (χ1v) is 7.30. The maximum Gasteiger partial charge on any atom is -0.0171 e. The number of hydrogen-bond acceptors (Lipinski definition) is 0. The van der Waals surface area contributed by atoms with Crippen molar-refractivity contribution >= 4 is 0 Å². The van der Waals surface area contributed by atoms with Gasteiger partial charge in [-0.25, -0.2) is 0 Å². The molecule has 2 aliphatic carbocycles. The van der Waals surface area contributed by atoms with Gasteiger partial charge in [0.15, 0.2) is 0 Å². The van der Waals surface area contributed by atoms with Gasteiger partial charge in [-0.3, -0.25) is 0 Å². The molecule has 0 saturated carbocycles. The van der Waals surface area contributed by atoms with Gasteiger partial charge in [-0.15, -0.1) is 0 Å². The number of allylic oxidation sites excluding steroid dienone is 4. The largest absolute Gasteiger partial charge is 0.0882 e. The van der Waals surface area contributed by atoms with Crippen LogP contribution in [0, 0.1) is 11.8 Å². The highest BCUT2D eigenvalue weighted by Crippen LogP contribution is 2.30. The lowest BCUT2D eigenvalue weighted by Gasteiger charge is -2.24. The first-order valence-electron chi connectivity index (χ1n) is 7.30. The Morgan fingerprint density at radius 3 is 1.56 bits per heavy atom. The minimum Gasteiger partial charge on any atom is -0.0882 e. The zero-order valence-corrected chi connectivity index (χ0v) is 10.5. The molecule has 0 aromatic carbocycles. The number of hydrogen-bond donors (Lipinski definition) is 0. The lowest BCUT2D eigenvalue weighted by Crippen LogP contribution is -2.12. The van der Waals surface area contributed by atoms with Crippen molar-refractivity contribution in [2.45, 2.75) is 64.2 Å². The molecule has 0 aromatic heterocycles. The van der Waals surface area contributed by atoms with Gasteiger partial charge in [-0.05, 0) is 50.4 Å². The average Bonchev–Trinajstić information content (AvgIpc) is 2.18. The lowest BCUT2D eigenvalue weighted by atomic mass is 9.81. The minimum absolute atomic E-state index is 0.842. The van der Waals surface area contributed by atoms with E-state index in [0.717, 1.165) is 11.8 Å². The molecule has 0 aromatic rings. The molecule has 0 amide bonds. The molecule has 0 bridgehead atoms. The molecular weight excluding hydrogens is 192 g/mol. The molecule has 0 unspecified atom stereocenters. The highest BCUT2D eigenvalue weighted by molar-refractivity contribution is 5.01. The molecule has 0 heterocycles. The third-order valence-corrected chi connectivity index (χ3v) is 4.13. The maximum absolute atomic E-state index is 2.52. The summed E-state index contributed by atoms with van der Waals surface area (Å²) in [6.07, 6.45) is 24.0. The maximum atomic E-state index is 2.52. The molecule has 0 N–H and O–H groups in total. The highest BCUT2D eigenvalue weighted by atomic mass is 14.2. The predicted molar refractivity (Wildman–Crippen MR) is 71.4 cm³/mol.